The zero-order valence-corrected chi connectivity index (χ0v) is 9.04. The zero-order chi connectivity index (χ0) is 11.8. The van der Waals surface area contributed by atoms with Gasteiger partial charge < -0.3 is 9.88 Å². The van der Waals surface area contributed by atoms with Gasteiger partial charge in [-0.1, -0.05) is 6.92 Å². The molecule has 1 N–H and O–H groups in total. The van der Waals surface area contributed by atoms with Crippen LogP contribution in [0, 0.1) is 5.92 Å². The molecular formula is C11H14F2N2O. The van der Waals surface area contributed by atoms with Gasteiger partial charge in [-0.15, -0.1) is 0 Å². The molecule has 1 amide bonds. The van der Waals surface area contributed by atoms with Crippen molar-refractivity contribution >= 4 is 5.91 Å². The monoisotopic (exact) mass is 228 g/mol. The molecule has 1 aromatic heterocycles. The number of H-pyrrole nitrogens is 1. The lowest BCUT2D eigenvalue weighted by Gasteiger charge is -2.36. The number of aromatic nitrogens is 1. The molecule has 0 radical (unpaired) electrons. The van der Waals surface area contributed by atoms with Gasteiger partial charge in [0, 0.05) is 37.8 Å². The number of rotatable bonds is 1. The van der Waals surface area contributed by atoms with Gasteiger partial charge in [0.05, 0.1) is 5.56 Å². The Labute approximate surface area is 92.4 Å². The van der Waals surface area contributed by atoms with E-state index in [2.05, 4.69) is 4.98 Å². The molecule has 1 aliphatic rings. The van der Waals surface area contributed by atoms with Gasteiger partial charge in [-0.3, -0.25) is 4.79 Å². The number of hydrogen-bond acceptors (Lipinski definition) is 1. The number of alkyl halides is 2. The second-order valence-corrected chi connectivity index (χ2v) is 4.26. The van der Waals surface area contributed by atoms with Gasteiger partial charge >= 0.3 is 0 Å². The molecule has 1 atom stereocenters. The number of carbonyl (C=O) groups excluding carboxylic acids is 1. The predicted octanol–water partition coefficient (Wildman–Crippen LogP) is 2.13. The van der Waals surface area contributed by atoms with Crippen LogP contribution < -0.4 is 0 Å². The summed E-state index contributed by atoms with van der Waals surface area (Å²) in [5, 5.41) is 0. The molecule has 0 aliphatic carbocycles. The Kier molecular flexibility index (Phi) is 2.69. The first kappa shape index (κ1) is 11.1. The van der Waals surface area contributed by atoms with Crippen molar-refractivity contribution in [2.24, 2.45) is 5.92 Å². The highest BCUT2D eigenvalue weighted by atomic mass is 19.3. The molecule has 0 aromatic carbocycles. The van der Waals surface area contributed by atoms with Crippen LogP contribution in [0.25, 0.3) is 0 Å². The summed E-state index contributed by atoms with van der Waals surface area (Å²) in [7, 11) is 0. The summed E-state index contributed by atoms with van der Waals surface area (Å²) in [6, 6.07) is 1.65. The summed E-state index contributed by atoms with van der Waals surface area (Å²) in [6.45, 7) is 1.73. The molecule has 0 spiro atoms. The van der Waals surface area contributed by atoms with Crippen LogP contribution in [-0.4, -0.2) is 34.8 Å². The second-order valence-electron chi connectivity index (χ2n) is 4.26. The van der Waals surface area contributed by atoms with E-state index in [9.17, 15) is 13.6 Å². The van der Waals surface area contributed by atoms with Gasteiger partial charge in [0.15, 0.2) is 0 Å². The summed E-state index contributed by atoms with van der Waals surface area (Å²) in [5.41, 5.74) is 0.525. The Morgan fingerprint density at radius 3 is 2.94 bits per heavy atom. The molecule has 0 bridgehead atoms. The summed E-state index contributed by atoms with van der Waals surface area (Å²) < 4.78 is 26.5. The highest BCUT2D eigenvalue weighted by molar-refractivity contribution is 5.94. The van der Waals surface area contributed by atoms with E-state index in [0.717, 1.165) is 0 Å². The molecule has 2 heterocycles. The Hall–Kier alpha value is -1.39. The van der Waals surface area contributed by atoms with Gasteiger partial charge in [0.25, 0.3) is 11.8 Å². The number of aromatic amines is 1. The fraction of sp³-hybridized carbons (Fsp3) is 0.545. The first-order chi connectivity index (χ1) is 7.50. The van der Waals surface area contributed by atoms with Crippen LogP contribution in [0.5, 0.6) is 0 Å². The molecular weight excluding hydrogens is 214 g/mol. The standard InChI is InChI=1S/C11H14F2N2O/c1-8-7-15(5-3-11(8,12)13)10(16)9-2-4-14-6-9/h2,4,6,8,14H,3,5,7H2,1H3/t8-/m0/s1. The lowest BCUT2D eigenvalue weighted by molar-refractivity contribution is -0.0921. The minimum Gasteiger partial charge on any atom is -0.367 e. The number of amides is 1. The maximum Gasteiger partial charge on any atom is 0.255 e. The molecule has 1 saturated heterocycles. The number of nitrogens with one attached hydrogen (secondary N) is 1. The minimum atomic E-state index is -2.64. The second kappa shape index (κ2) is 3.88. The first-order valence-electron chi connectivity index (χ1n) is 5.30. The van der Waals surface area contributed by atoms with Crippen LogP contribution in [0.1, 0.15) is 23.7 Å². The third kappa shape index (κ3) is 1.94. The first-order valence-corrected chi connectivity index (χ1v) is 5.30. The SMILES string of the molecule is C[C@H]1CN(C(=O)c2cc[nH]c2)CCC1(F)F. The predicted molar refractivity (Wildman–Crippen MR) is 55.4 cm³/mol. The summed E-state index contributed by atoms with van der Waals surface area (Å²) in [5.74, 6) is -3.60. The largest absolute Gasteiger partial charge is 0.367 e. The van der Waals surface area contributed by atoms with Crippen molar-refractivity contribution in [2.75, 3.05) is 13.1 Å². The molecule has 88 valence electrons. The van der Waals surface area contributed by atoms with Crippen molar-refractivity contribution in [2.45, 2.75) is 19.3 Å². The molecule has 1 aromatic rings. The van der Waals surface area contributed by atoms with Gasteiger partial charge in [0.2, 0.25) is 0 Å². The van der Waals surface area contributed by atoms with E-state index < -0.39 is 11.8 Å². The van der Waals surface area contributed by atoms with E-state index in [1.807, 2.05) is 0 Å². The molecule has 0 saturated carbocycles. The van der Waals surface area contributed by atoms with Crippen molar-refractivity contribution in [1.82, 2.24) is 9.88 Å². The van der Waals surface area contributed by atoms with Gasteiger partial charge in [0.1, 0.15) is 0 Å². The molecule has 2 rings (SSSR count). The fourth-order valence-electron chi connectivity index (χ4n) is 1.91. The highest BCUT2D eigenvalue weighted by Gasteiger charge is 2.42. The summed E-state index contributed by atoms with van der Waals surface area (Å²) >= 11 is 0. The Balaban J connectivity index is 2.06. The van der Waals surface area contributed by atoms with Crippen molar-refractivity contribution in [3.05, 3.63) is 24.0 Å². The third-order valence-electron chi connectivity index (χ3n) is 3.06. The number of hydrogen-bond donors (Lipinski definition) is 1. The van der Waals surface area contributed by atoms with Crippen LogP contribution in [-0.2, 0) is 0 Å². The lowest BCUT2D eigenvalue weighted by atomic mass is 9.95. The normalized spacial score (nSPS) is 24.4. The average molecular weight is 228 g/mol. The smallest absolute Gasteiger partial charge is 0.255 e. The van der Waals surface area contributed by atoms with Crippen LogP contribution in [0.2, 0.25) is 0 Å². The molecule has 1 fully saturated rings. The van der Waals surface area contributed by atoms with E-state index >= 15 is 0 Å². The Bertz CT molecular complexity index is 375. The average Bonchev–Trinajstić information content (AvgIpc) is 2.74. The van der Waals surface area contributed by atoms with Gasteiger partial charge in [-0.25, -0.2) is 8.78 Å². The van der Waals surface area contributed by atoms with Crippen molar-refractivity contribution < 1.29 is 13.6 Å². The maximum atomic E-state index is 13.2. The van der Waals surface area contributed by atoms with Crippen LogP contribution in [0.15, 0.2) is 18.5 Å². The van der Waals surface area contributed by atoms with E-state index in [0.29, 0.717) is 5.56 Å². The number of likely N-dealkylation sites (tertiary alicyclic amines) is 1. The van der Waals surface area contributed by atoms with Crippen molar-refractivity contribution in [3.63, 3.8) is 0 Å². The van der Waals surface area contributed by atoms with E-state index in [-0.39, 0.29) is 25.4 Å². The lowest BCUT2D eigenvalue weighted by Crippen LogP contribution is -2.48. The van der Waals surface area contributed by atoms with E-state index in [1.165, 1.54) is 11.8 Å². The van der Waals surface area contributed by atoms with Gasteiger partial charge in [-0.05, 0) is 6.07 Å². The maximum absolute atomic E-state index is 13.2. The topological polar surface area (TPSA) is 36.1 Å². The number of nitrogens with zero attached hydrogens (tertiary/aromatic N) is 1. The fourth-order valence-corrected chi connectivity index (χ4v) is 1.91. The quantitative estimate of drug-likeness (QED) is 0.785. The molecule has 3 nitrogen and oxygen atoms in total. The third-order valence-corrected chi connectivity index (χ3v) is 3.06. The Morgan fingerprint density at radius 2 is 2.38 bits per heavy atom. The van der Waals surface area contributed by atoms with E-state index in [1.54, 1.807) is 18.5 Å². The Morgan fingerprint density at radius 1 is 1.62 bits per heavy atom. The van der Waals surface area contributed by atoms with Crippen LogP contribution >= 0.6 is 0 Å². The molecule has 5 heteroatoms. The van der Waals surface area contributed by atoms with Crippen LogP contribution in [0.3, 0.4) is 0 Å². The zero-order valence-electron chi connectivity index (χ0n) is 9.04. The summed E-state index contributed by atoms with van der Waals surface area (Å²) in [6.07, 6.45) is 2.99. The number of halogens is 2. The number of piperidine rings is 1. The van der Waals surface area contributed by atoms with Gasteiger partial charge in [-0.2, -0.15) is 0 Å². The summed E-state index contributed by atoms with van der Waals surface area (Å²) in [4.78, 5) is 16.2. The van der Waals surface area contributed by atoms with Crippen molar-refractivity contribution in [1.29, 1.82) is 0 Å². The number of carbonyl (C=O) groups is 1. The van der Waals surface area contributed by atoms with E-state index in [4.69, 9.17) is 0 Å². The molecule has 16 heavy (non-hydrogen) atoms. The molecule has 1 aliphatic heterocycles. The molecule has 0 unspecified atom stereocenters. The van der Waals surface area contributed by atoms with Crippen molar-refractivity contribution in [3.8, 4) is 0 Å². The minimum absolute atomic E-state index is 0.122. The highest BCUT2D eigenvalue weighted by Crippen LogP contribution is 2.33. The van der Waals surface area contributed by atoms with Crippen LogP contribution in [0.4, 0.5) is 8.78 Å².